The summed E-state index contributed by atoms with van der Waals surface area (Å²) in [5.41, 5.74) is 4.63. The highest BCUT2D eigenvalue weighted by molar-refractivity contribution is 7.16. The quantitative estimate of drug-likeness (QED) is 0.520. The molecule has 0 bridgehead atoms. The summed E-state index contributed by atoms with van der Waals surface area (Å²) in [5, 5.41) is 5.59. The highest BCUT2D eigenvalue weighted by Gasteiger charge is 2.21. The van der Waals surface area contributed by atoms with E-state index in [-0.39, 0.29) is 0 Å². The van der Waals surface area contributed by atoms with Gasteiger partial charge in [-0.1, -0.05) is 23.5 Å². The molecule has 0 atom stereocenters. The van der Waals surface area contributed by atoms with Crippen LogP contribution in [0.25, 0.3) is 38.8 Å². The maximum Gasteiger partial charge on any atom is 0.213 e. The number of benzene rings is 2. The number of hydrogen-bond acceptors (Lipinski definition) is 5. The molecule has 3 aromatic heterocycles. The van der Waals surface area contributed by atoms with E-state index in [0.717, 1.165) is 49.5 Å². The van der Waals surface area contributed by atoms with Gasteiger partial charge in [0.1, 0.15) is 22.1 Å². The second kappa shape index (κ2) is 5.67. The Balaban J connectivity index is 1.78. The molecule has 0 aliphatic rings. The van der Waals surface area contributed by atoms with Crippen molar-refractivity contribution in [3.63, 3.8) is 0 Å². The standard InChI is InChI=1S/C19H15N5OS/c1-11-23-24-17(18-20-14-5-3-4-6-15(14)21-18)16(22-19(24)26-11)12-7-9-13(25-2)10-8-12/h3-10H,1-2H3,(H,20,21). The number of ether oxygens (including phenoxy) is 1. The first-order valence-corrected chi connectivity index (χ1v) is 9.00. The van der Waals surface area contributed by atoms with Gasteiger partial charge in [0.05, 0.1) is 18.1 Å². The first-order chi connectivity index (χ1) is 12.7. The number of para-hydroxylation sites is 2. The number of methoxy groups -OCH3 is 1. The summed E-state index contributed by atoms with van der Waals surface area (Å²) in [4.78, 5) is 13.8. The van der Waals surface area contributed by atoms with Crippen molar-refractivity contribution in [2.45, 2.75) is 6.92 Å². The van der Waals surface area contributed by atoms with Gasteiger partial charge < -0.3 is 9.72 Å². The highest BCUT2D eigenvalue weighted by atomic mass is 32.1. The molecule has 0 amide bonds. The van der Waals surface area contributed by atoms with Crippen LogP contribution in [0.5, 0.6) is 5.75 Å². The molecule has 3 heterocycles. The van der Waals surface area contributed by atoms with Gasteiger partial charge in [0.25, 0.3) is 0 Å². The number of imidazole rings is 2. The minimum Gasteiger partial charge on any atom is -0.497 e. The second-order valence-electron chi connectivity index (χ2n) is 5.96. The molecule has 128 valence electrons. The Morgan fingerprint density at radius 3 is 2.62 bits per heavy atom. The lowest BCUT2D eigenvalue weighted by Crippen LogP contribution is -1.93. The molecule has 26 heavy (non-hydrogen) atoms. The molecule has 0 saturated carbocycles. The fourth-order valence-electron chi connectivity index (χ4n) is 3.07. The van der Waals surface area contributed by atoms with Crippen molar-refractivity contribution < 1.29 is 4.74 Å². The SMILES string of the molecule is COc1ccc(-c2nc3sc(C)nn3c2-c2nc3ccccc3[nH]2)cc1. The van der Waals surface area contributed by atoms with Gasteiger partial charge >= 0.3 is 0 Å². The number of hydrogen-bond donors (Lipinski definition) is 1. The smallest absolute Gasteiger partial charge is 0.213 e. The number of aryl methyl sites for hydroxylation is 1. The van der Waals surface area contributed by atoms with E-state index >= 15 is 0 Å². The van der Waals surface area contributed by atoms with Crippen LogP contribution in [0.3, 0.4) is 0 Å². The largest absolute Gasteiger partial charge is 0.497 e. The Labute approximate surface area is 153 Å². The van der Waals surface area contributed by atoms with Crippen molar-refractivity contribution in [3.8, 4) is 28.5 Å². The van der Waals surface area contributed by atoms with Crippen LogP contribution in [0.4, 0.5) is 0 Å². The molecule has 0 aliphatic carbocycles. The van der Waals surface area contributed by atoms with E-state index in [1.807, 2.05) is 60.0 Å². The third-order valence-electron chi connectivity index (χ3n) is 4.28. The third kappa shape index (κ3) is 2.28. The number of nitrogens with one attached hydrogen (secondary N) is 1. The predicted molar refractivity (Wildman–Crippen MR) is 103 cm³/mol. The molecule has 0 saturated heterocycles. The molecule has 0 aliphatic heterocycles. The van der Waals surface area contributed by atoms with E-state index in [1.54, 1.807) is 18.4 Å². The third-order valence-corrected chi connectivity index (χ3v) is 5.11. The van der Waals surface area contributed by atoms with Gasteiger partial charge in [0, 0.05) is 5.56 Å². The Kier molecular flexibility index (Phi) is 3.29. The van der Waals surface area contributed by atoms with Crippen molar-refractivity contribution in [2.75, 3.05) is 7.11 Å². The molecule has 7 heteroatoms. The Morgan fingerprint density at radius 2 is 1.85 bits per heavy atom. The van der Waals surface area contributed by atoms with Gasteiger partial charge in [-0.15, -0.1) is 0 Å². The van der Waals surface area contributed by atoms with E-state index in [9.17, 15) is 0 Å². The van der Waals surface area contributed by atoms with E-state index < -0.39 is 0 Å². The van der Waals surface area contributed by atoms with E-state index in [1.165, 1.54) is 0 Å². The first kappa shape index (κ1) is 15.1. The van der Waals surface area contributed by atoms with Gasteiger partial charge in [0.15, 0.2) is 5.82 Å². The van der Waals surface area contributed by atoms with Crippen LogP contribution in [-0.2, 0) is 0 Å². The van der Waals surface area contributed by atoms with Crippen LogP contribution in [0.2, 0.25) is 0 Å². The summed E-state index contributed by atoms with van der Waals surface area (Å²) in [5.74, 6) is 1.57. The average molecular weight is 361 g/mol. The van der Waals surface area contributed by atoms with Gasteiger partial charge in [-0.25, -0.2) is 9.97 Å². The fraction of sp³-hybridized carbons (Fsp3) is 0.105. The van der Waals surface area contributed by atoms with Gasteiger partial charge in [-0.05, 0) is 43.3 Å². The number of H-pyrrole nitrogens is 1. The lowest BCUT2D eigenvalue weighted by atomic mass is 10.1. The second-order valence-corrected chi connectivity index (χ2v) is 7.12. The van der Waals surface area contributed by atoms with Gasteiger partial charge in [-0.2, -0.15) is 9.61 Å². The molecule has 2 aromatic carbocycles. The van der Waals surface area contributed by atoms with Crippen LogP contribution in [0.15, 0.2) is 48.5 Å². The van der Waals surface area contributed by atoms with Crippen molar-refractivity contribution in [3.05, 3.63) is 53.5 Å². The fourth-order valence-corrected chi connectivity index (χ4v) is 3.81. The van der Waals surface area contributed by atoms with Crippen LogP contribution >= 0.6 is 11.3 Å². The molecule has 6 nitrogen and oxygen atoms in total. The summed E-state index contributed by atoms with van der Waals surface area (Å²) >= 11 is 1.57. The van der Waals surface area contributed by atoms with E-state index in [4.69, 9.17) is 14.7 Å². The lowest BCUT2D eigenvalue weighted by molar-refractivity contribution is 0.415. The minimum absolute atomic E-state index is 0.759. The van der Waals surface area contributed by atoms with Gasteiger partial charge in [0.2, 0.25) is 4.96 Å². The minimum atomic E-state index is 0.759. The van der Waals surface area contributed by atoms with Crippen LogP contribution in [-0.4, -0.2) is 31.7 Å². The highest BCUT2D eigenvalue weighted by Crippen LogP contribution is 2.34. The molecule has 5 aromatic rings. The molecule has 0 spiro atoms. The zero-order valence-electron chi connectivity index (χ0n) is 14.2. The summed E-state index contributed by atoms with van der Waals surface area (Å²) in [6.07, 6.45) is 0. The van der Waals surface area contributed by atoms with Crippen molar-refractivity contribution >= 4 is 27.3 Å². The summed E-state index contributed by atoms with van der Waals surface area (Å²) in [6, 6.07) is 15.9. The maximum atomic E-state index is 5.27. The molecule has 0 unspecified atom stereocenters. The topological polar surface area (TPSA) is 68.1 Å². The summed E-state index contributed by atoms with van der Waals surface area (Å²) < 4.78 is 7.14. The Hall–Kier alpha value is -3.19. The van der Waals surface area contributed by atoms with Gasteiger partial charge in [-0.3, -0.25) is 0 Å². The Bertz CT molecular complexity index is 1200. The number of aromatic nitrogens is 5. The summed E-state index contributed by atoms with van der Waals surface area (Å²) in [7, 11) is 1.66. The van der Waals surface area contributed by atoms with Crippen molar-refractivity contribution in [1.29, 1.82) is 0 Å². The first-order valence-electron chi connectivity index (χ1n) is 8.18. The number of aromatic amines is 1. The predicted octanol–water partition coefficient (Wildman–Crippen LogP) is 4.32. The Morgan fingerprint density at radius 1 is 1.04 bits per heavy atom. The molecular weight excluding hydrogens is 346 g/mol. The van der Waals surface area contributed by atoms with E-state index in [0.29, 0.717) is 0 Å². The number of nitrogens with zero attached hydrogens (tertiary/aromatic N) is 4. The number of rotatable bonds is 3. The average Bonchev–Trinajstić information content (AvgIpc) is 3.32. The maximum absolute atomic E-state index is 5.27. The van der Waals surface area contributed by atoms with Crippen molar-refractivity contribution in [2.24, 2.45) is 0 Å². The number of fused-ring (bicyclic) bond motifs is 2. The van der Waals surface area contributed by atoms with Crippen molar-refractivity contribution in [1.82, 2.24) is 24.6 Å². The van der Waals surface area contributed by atoms with Crippen LogP contribution < -0.4 is 4.74 Å². The molecular formula is C19H15N5OS. The monoisotopic (exact) mass is 361 g/mol. The molecule has 1 N–H and O–H groups in total. The van der Waals surface area contributed by atoms with E-state index in [2.05, 4.69) is 10.1 Å². The zero-order valence-corrected chi connectivity index (χ0v) is 15.0. The normalized spacial score (nSPS) is 11.5. The molecule has 5 rings (SSSR count). The van der Waals surface area contributed by atoms with Crippen LogP contribution in [0, 0.1) is 6.92 Å². The molecule has 0 radical (unpaired) electrons. The summed E-state index contributed by atoms with van der Waals surface area (Å²) in [6.45, 7) is 1.98. The zero-order chi connectivity index (χ0) is 17.7. The lowest BCUT2D eigenvalue weighted by Gasteiger charge is -2.03. The van der Waals surface area contributed by atoms with Crippen LogP contribution in [0.1, 0.15) is 5.01 Å². The molecule has 0 fully saturated rings.